The number of hydrogen-bond acceptors (Lipinski definition) is 4. The predicted molar refractivity (Wildman–Crippen MR) is 204 cm³/mol. The molecule has 9 heteroatoms. The first-order chi connectivity index (χ1) is 25.4. The molecule has 0 unspecified atom stereocenters. The average Bonchev–Trinajstić information content (AvgIpc) is 3.99. The first kappa shape index (κ1) is 33.8. The van der Waals surface area contributed by atoms with Crippen LogP contribution in [-0.2, 0) is 37.6 Å². The number of aryl methyl sites for hydroxylation is 3. The van der Waals surface area contributed by atoms with Crippen LogP contribution in [0, 0.1) is 0 Å². The fraction of sp³-hybridized carbons (Fsp3) is 0.0909. The molecule has 0 saturated heterocycles. The van der Waals surface area contributed by atoms with Gasteiger partial charge in [0.05, 0.1) is 34.2 Å². The van der Waals surface area contributed by atoms with Crippen LogP contribution < -0.4 is 18.7 Å². The molecule has 0 amide bonds. The summed E-state index contributed by atoms with van der Waals surface area (Å²) in [7, 11) is 8.10. The Morgan fingerprint density at radius 1 is 0.453 bits per heavy atom. The summed E-state index contributed by atoms with van der Waals surface area (Å²) >= 11 is 0. The Labute approximate surface area is 318 Å². The summed E-state index contributed by atoms with van der Waals surface area (Å²) in [6.45, 7) is 0. The molecule has 8 nitrogen and oxygen atoms in total. The van der Waals surface area contributed by atoms with Crippen LogP contribution in [0.15, 0.2) is 190 Å². The van der Waals surface area contributed by atoms with Gasteiger partial charge < -0.3 is 9.88 Å². The van der Waals surface area contributed by atoms with Crippen molar-refractivity contribution >= 4 is 33.9 Å². The first-order valence-corrected chi connectivity index (χ1v) is 17.3. The summed E-state index contributed by atoms with van der Waals surface area (Å²) in [5, 5.41) is 0. The molecule has 0 radical (unpaired) electrons. The topological polar surface area (TPSA) is 66.1 Å². The summed E-state index contributed by atoms with van der Waals surface area (Å²) in [5.41, 5.74) is 14.7. The molecule has 53 heavy (non-hydrogen) atoms. The van der Waals surface area contributed by atoms with E-state index in [0.717, 1.165) is 90.2 Å². The molecule has 8 bridgehead atoms. The summed E-state index contributed by atoms with van der Waals surface area (Å²) in [4.78, 5) is 23.4. The minimum absolute atomic E-state index is 0. The molecular weight excluding hydrogens is 699 g/mol. The van der Waals surface area contributed by atoms with Gasteiger partial charge in [0.2, 0.25) is 0 Å². The van der Waals surface area contributed by atoms with Crippen molar-refractivity contribution in [2.75, 3.05) is 7.05 Å². The number of aliphatic imine (C=N–C) groups is 3. The third-order valence-corrected chi connectivity index (χ3v) is 9.68. The zero-order valence-electron chi connectivity index (χ0n) is 29.8. The van der Waals surface area contributed by atoms with Crippen LogP contribution in [-0.4, -0.2) is 29.1 Å². The van der Waals surface area contributed by atoms with Gasteiger partial charge in [-0.3, -0.25) is 0 Å². The molecule has 0 fully saturated rings. The Kier molecular flexibility index (Phi) is 8.73. The van der Waals surface area contributed by atoms with Gasteiger partial charge in [0.15, 0.2) is 37.2 Å². The van der Waals surface area contributed by atoms with Crippen LogP contribution in [0.1, 0.15) is 28.1 Å². The predicted octanol–water partition coefficient (Wildman–Crippen LogP) is 5.36. The maximum atomic E-state index is 5.35. The molecule has 9 heterocycles. The zero-order valence-corrected chi connectivity index (χ0v) is 30.7. The smallest absolute Gasteiger partial charge is 0.657 e. The van der Waals surface area contributed by atoms with Gasteiger partial charge in [-0.1, -0.05) is 12.1 Å². The zero-order chi connectivity index (χ0) is 35.3. The molecule has 9 rings (SSSR count). The standard InChI is InChI=1S/C44H36N8.Ni/c1-49-21-13-29(14-22-49)41-33-5-7-35(45-33)42(30-15-23-50(2)24-16-30)37-9-11-39(47-37)44(32-19-27-52(4)28-20-32)40-12-10-38(48-40)43(36-8-6-34(41)46-36)31-17-25-51(3)26-18-31;/h5-28H,1-4H3;/q2*+2. The third-order valence-electron chi connectivity index (χ3n) is 9.68. The fourth-order valence-corrected chi connectivity index (χ4v) is 6.94. The summed E-state index contributed by atoms with van der Waals surface area (Å²) in [5.74, 6) is 0. The number of pyridine rings is 3. The van der Waals surface area contributed by atoms with Crippen molar-refractivity contribution in [2.24, 2.45) is 36.1 Å². The monoisotopic (exact) mass is 734 g/mol. The number of fused-ring (bicyclic) bond motifs is 5. The SMILES string of the molecule is CN1C=CC(=C2C3=NC(=C(c4cc[n+](C)cc4)C4=NC(=C(c5cc[n+](C)cc5)c5ccc([n-]5)C(c5cc[n+](C)cc5)=C5C=CC2=N5)C=C4)C=C3)C=C1.[Ni+2]. The molecule has 0 aliphatic carbocycles. The summed E-state index contributed by atoms with van der Waals surface area (Å²) < 4.78 is 6.11. The van der Waals surface area contributed by atoms with Crippen molar-refractivity contribution in [2.45, 2.75) is 0 Å². The van der Waals surface area contributed by atoms with Crippen molar-refractivity contribution in [1.82, 2.24) is 9.88 Å². The second kappa shape index (κ2) is 13.7. The Morgan fingerprint density at radius 3 is 1.23 bits per heavy atom. The summed E-state index contributed by atoms with van der Waals surface area (Å²) in [6, 6.07) is 16.9. The van der Waals surface area contributed by atoms with Gasteiger partial charge in [-0.05, 0) is 82.0 Å². The van der Waals surface area contributed by atoms with E-state index in [-0.39, 0.29) is 16.5 Å². The van der Waals surface area contributed by atoms with E-state index in [4.69, 9.17) is 20.0 Å². The van der Waals surface area contributed by atoms with Crippen LogP contribution in [0.4, 0.5) is 0 Å². The molecule has 0 spiro atoms. The maximum Gasteiger partial charge on any atom is 2.00 e. The van der Waals surface area contributed by atoms with Crippen molar-refractivity contribution in [1.29, 1.82) is 0 Å². The van der Waals surface area contributed by atoms with Gasteiger partial charge in [-0.15, -0.1) is 11.4 Å². The normalized spacial score (nSPS) is 17.3. The van der Waals surface area contributed by atoms with Gasteiger partial charge in [0, 0.05) is 67.0 Å². The van der Waals surface area contributed by atoms with E-state index in [9.17, 15) is 0 Å². The first-order valence-electron chi connectivity index (χ1n) is 17.3. The molecule has 0 N–H and O–H groups in total. The molecule has 258 valence electrons. The molecule has 4 aromatic rings. The van der Waals surface area contributed by atoms with Gasteiger partial charge >= 0.3 is 16.5 Å². The fourth-order valence-electron chi connectivity index (χ4n) is 6.94. The molecule has 4 aromatic heterocycles. The van der Waals surface area contributed by atoms with Gasteiger partial charge in [0.1, 0.15) is 21.1 Å². The number of allylic oxidation sites excluding steroid dienone is 11. The second-order valence-electron chi connectivity index (χ2n) is 13.4. The average molecular weight is 736 g/mol. The Hall–Kier alpha value is -6.31. The van der Waals surface area contributed by atoms with Crippen molar-refractivity contribution in [3.05, 3.63) is 203 Å². The minimum atomic E-state index is 0. The molecule has 0 saturated carbocycles. The van der Waals surface area contributed by atoms with Crippen LogP contribution >= 0.6 is 0 Å². The van der Waals surface area contributed by atoms with Crippen molar-refractivity contribution < 1.29 is 30.2 Å². The van der Waals surface area contributed by atoms with Gasteiger partial charge in [0.25, 0.3) is 0 Å². The second-order valence-corrected chi connectivity index (χ2v) is 13.4. The molecular formula is C44H36N8Ni+4. The van der Waals surface area contributed by atoms with E-state index in [0.29, 0.717) is 0 Å². The molecule has 5 aliphatic rings. The van der Waals surface area contributed by atoms with Crippen LogP contribution in [0.25, 0.3) is 16.7 Å². The number of nitrogens with zero attached hydrogens (tertiary/aromatic N) is 8. The Balaban J connectivity index is 0.00000400. The number of aromatic nitrogens is 4. The van der Waals surface area contributed by atoms with Crippen LogP contribution in [0.2, 0.25) is 0 Å². The van der Waals surface area contributed by atoms with Crippen LogP contribution in [0.5, 0.6) is 0 Å². The summed E-state index contributed by atoms with van der Waals surface area (Å²) in [6.07, 6.45) is 33.3. The number of hydrogen-bond donors (Lipinski definition) is 0. The van der Waals surface area contributed by atoms with Crippen molar-refractivity contribution in [3.8, 4) is 0 Å². The molecule has 0 atom stereocenters. The molecule has 0 aromatic carbocycles. The largest absolute Gasteiger partial charge is 2.00 e. The van der Waals surface area contributed by atoms with E-state index in [1.54, 1.807) is 0 Å². The van der Waals surface area contributed by atoms with E-state index in [1.165, 1.54) is 0 Å². The van der Waals surface area contributed by atoms with Crippen molar-refractivity contribution in [3.63, 3.8) is 0 Å². The Morgan fingerprint density at radius 2 is 0.811 bits per heavy atom. The third kappa shape index (κ3) is 6.30. The van der Waals surface area contributed by atoms with E-state index in [1.807, 2.05) is 46.8 Å². The van der Waals surface area contributed by atoms with Crippen LogP contribution in [0.3, 0.4) is 0 Å². The van der Waals surface area contributed by atoms with Gasteiger partial charge in [-0.25, -0.2) is 28.7 Å². The van der Waals surface area contributed by atoms with E-state index in [2.05, 4.69) is 147 Å². The maximum absolute atomic E-state index is 5.35. The van der Waals surface area contributed by atoms with E-state index >= 15 is 0 Å². The minimum Gasteiger partial charge on any atom is -0.657 e. The molecule has 5 aliphatic heterocycles. The van der Waals surface area contributed by atoms with Gasteiger partial charge in [-0.2, -0.15) is 0 Å². The Bertz CT molecular complexity index is 2540. The number of rotatable bonds is 3. The quantitative estimate of drug-likeness (QED) is 0.210. The van der Waals surface area contributed by atoms with E-state index < -0.39 is 0 Å².